The van der Waals surface area contributed by atoms with Crippen LogP contribution in [0, 0.1) is 5.92 Å². The number of carbonyl (C=O) groups excluding carboxylic acids is 3. The summed E-state index contributed by atoms with van der Waals surface area (Å²) < 4.78 is 2.04. The van der Waals surface area contributed by atoms with E-state index in [4.69, 9.17) is 11.6 Å². The minimum Gasteiger partial charge on any atom is -0.348 e. The molecule has 2 amide bonds. The first-order valence-electron chi connectivity index (χ1n) is 10.2. The Bertz CT molecular complexity index is 907. The molecule has 2 aliphatic carbocycles. The molecule has 1 aromatic rings. The molecule has 2 fully saturated rings. The second-order valence-electron chi connectivity index (χ2n) is 8.42. The van der Waals surface area contributed by atoms with E-state index in [0.717, 1.165) is 34.7 Å². The number of allylic oxidation sites excluding steroid dienone is 1. The SMILES string of the molecule is C=CC(=O)N1CC(NC(=O)Cn2c(CC3CC3)c(C=O)c3c2C(C)CC(Cl)=C3)C1. The smallest absolute Gasteiger partial charge is 0.246 e. The van der Waals surface area contributed by atoms with Crippen molar-refractivity contribution in [3.05, 3.63) is 40.2 Å². The van der Waals surface area contributed by atoms with Crippen molar-refractivity contribution in [2.75, 3.05) is 13.1 Å². The molecule has 1 unspecified atom stereocenters. The molecule has 0 spiro atoms. The van der Waals surface area contributed by atoms with E-state index in [2.05, 4.69) is 18.8 Å². The molecule has 1 N–H and O–H groups in total. The number of halogens is 1. The summed E-state index contributed by atoms with van der Waals surface area (Å²) >= 11 is 6.32. The van der Waals surface area contributed by atoms with Crippen LogP contribution in [-0.4, -0.2) is 46.7 Å². The van der Waals surface area contributed by atoms with Crippen molar-refractivity contribution < 1.29 is 14.4 Å². The minimum absolute atomic E-state index is 0.0398. The van der Waals surface area contributed by atoms with Crippen molar-refractivity contribution in [2.24, 2.45) is 5.92 Å². The molecule has 0 bridgehead atoms. The van der Waals surface area contributed by atoms with Crippen LogP contribution in [0.4, 0.5) is 0 Å². The molecule has 1 saturated heterocycles. The van der Waals surface area contributed by atoms with Crippen molar-refractivity contribution >= 4 is 35.8 Å². The fourth-order valence-electron chi connectivity index (χ4n) is 4.44. The van der Waals surface area contributed by atoms with Gasteiger partial charge in [-0.3, -0.25) is 14.4 Å². The predicted molar refractivity (Wildman–Crippen MR) is 112 cm³/mol. The Labute approximate surface area is 175 Å². The highest BCUT2D eigenvalue weighted by Crippen LogP contribution is 2.42. The maximum Gasteiger partial charge on any atom is 0.246 e. The van der Waals surface area contributed by atoms with Crippen LogP contribution >= 0.6 is 11.6 Å². The number of fused-ring (bicyclic) bond motifs is 1. The Kier molecular flexibility index (Phi) is 5.38. The Hall–Kier alpha value is -2.34. The van der Waals surface area contributed by atoms with Gasteiger partial charge in [-0.05, 0) is 43.8 Å². The molecular formula is C22H26ClN3O3. The van der Waals surface area contributed by atoms with E-state index < -0.39 is 0 Å². The fraction of sp³-hybridized carbons (Fsp3) is 0.500. The topological polar surface area (TPSA) is 71.4 Å². The number of amides is 2. The number of nitrogens with zero attached hydrogens (tertiary/aromatic N) is 2. The summed E-state index contributed by atoms with van der Waals surface area (Å²) in [6, 6.07) is -0.0398. The fourth-order valence-corrected chi connectivity index (χ4v) is 4.78. The average molecular weight is 416 g/mol. The maximum absolute atomic E-state index is 12.8. The maximum atomic E-state index is 12.8. The van der Waals surface area contributed by atoms with Gasteiger partial charge in [0.2, 0.25) is 11.8 Å². The van der Waals surface area contributed by atoms with Gasteiger partial charge >= 0.3 is 0 Å². The van der Waals surface area contributed by atoms with Gasteiger partial charge < -0.3 is 14.8 Å². The van der Waals surface area contributed by atoms with Gasteiger partial charge in [0.1, 0.15) is 6.54 Å². The summed E-state index contributed by atoms with van der Waals surface area (Å²) in [6.07, 6.45) is 7.95. The molecule has 1 saturated carbocycles. The highest BCUT2D eigenvalue weighted by atomic mass is 35.5. The first-order valence-corrected chi connectivity index (χ1v) is 10.6. The lowest BCUT2D eigenvalue weighted by atomic mass is 9.92. The largest absolute Gasteiger partial charge is 0.348 e. The van der Waals surface area contributed by atoms with Crippen LogP contribution in [0.15, 0.2) is 17.7 Å². The molecule has 1 aliphatic heterocycles. The number of aldehydes is 1. The van der Waals surface area contributed by atoms with E-state index in [0.29, 0.717) is 31.0 Å². The lowest BCUT2D eigenvalue weighted by molar-refractivity contribution is -0.133. The Morgan fingerprint density at radius 2 is 2.07 bits per heavy atom. The van der Waals surface area contributed by atoms with Crippen LogP contribution in [-0.2, 0) is 22.6 Å². The van der Waals surface area contributed by atoms with Gasteiger partial charge in [-0.1, -0.05) is 25.1 Å². The molecule has 3 aliphatic rings. The number of hydrogen-bond acceptors (Lipinski definition) is 3. The number of hydrogen-bond donors (Lipinski definition) is 1. The van der Waals surface area contributed by atoms with Gasteiger partial charge in [0.05, 0.1) is 6.04 Å². The molecule has 6 nitrogen and oxygen atoms in total. The molecule has 4 rings (SSSR count). The van der Waals surface area contributed by atoms with Crippen molar-refractivity contribution in [2.45, 2.75) is 51.1 Å². The predicted octanol–water partition coefficient (Wildman–Crippen LogP) is 2.85. The lowest BCUT2D eigenvalue weighted by Gasteiger charge is -2.39. The standard InChI is InChI=1S/C22H26ClN3O3/c1-3-21(29)25-9-16(10-25)24-20(28)11-26-19(7-14-4-5-14)18(12-27)17-8-15(23)6-13(2)22(17)26/h3,8,12-14,16H,1,4-7,9-11H2,2H3,(H,24,28). The van der Waals surface area contributed by atoms with Crippen molar-refractivity contribution in [1.82, 2.24) is 14.8 Å². The second kappa shape index (κ2) is 7.82. The van der Waals surface area contributed by atoms with E-state index in [1.807, 2.05) is 10.6 Å². The summed E-state index contributed by atoms with van der Waals surface area (Å²) in [7, 11) is 0. The highest BCUT2D eigenvalue weighted by molar-refractivity contribution is 6.32. The van der Waals surface area contributed by atoms with Gasteiger partial charge in [0.15, 0.2) is 6.29 Å². The minimum atomic E-state index is -0.116. The molecule has 29 heavy (non-hydrogen) atoms. The molecule has 0 radical (unpaired) electrons. The molecule has 7 heteroatoms. The first-order chi connectivity index (χ1) is 13.9. The summed E-state index contributed by atoms with van der Waals surface area (Å²) in [4.78, 5) is 37.9. The van der Waals surface area contributed by atoms with Gasteiger partial charge in [0.25, 0.3) is 0 Å². The van der Waals surface area contributed by atoms with Gasteiger partial charge in [-0.15, -0.1) is 0 Å². The van der Waals surface area contributed by atoms with E-state index in [9.17, 15) is 14.4 Å². The molecule has 2 heterocycles. The van der Waals surface area contributed by atoms with Gasteiger partial charge in [-0.2, -0.15) is 0 Å². The number of aromatic nitrogens is 1. The zero-order valence-corrected chi connectivity index (χ0v) is 17.4. The Balaban J connectivity index is 1.56. The third-order valence-electron chi connectivity index (χ3n) is 6.09. The Morgan fingerprint density at radius 1 is 1.34 bits per heavy atom. The van der Waals surface area contributed by atoms with E-state index in [1.165, 1.54) is 18.9 Å². The number of carbonyl (C=O) groups is 3. The molecule has 1 aromatic heterocycles. The van der Waals surface area contributed by atoms with Crippen molar-refractivity contribution in [1.29, 1.82) is 0 Å². The van der Waals surface area contributed by atoms with Crippen LogP contribution in [0.3, 0.4) is 0 Å². The summed E-state index contributed by atoms with van der Waals surface area (Å²) in [5, 5.41) is 3.75. The number of rotatable bonds is 7. The summed E-state index contributed by atoms with van der Waals surface area (Å²) in [6.45, 7) is 6.76. The van der Waals surface area contributed by atoms with Crippen molar-refractivity contribution in [3.63, 3.8) is 0 Å². The average Bonchev–Trinajstić information content (AvgIpc) is 3.41. The van der Waals surface area contributed by atoms with Crippen LogP contribution < -0.4 is 5.32 Å². The molecular weight excluding hydrogens is 390 g/mol. The number of nitrogens with one attached hydrogen (secondary N) is 1. The number of likely N-dealkylation sites (tertiary alicyclic amines) is 1. The zero-order chi connectivity index (χ0) is 20.7. The lowest BCUT2D eigenvalue weighted by Crippen LogP contribution is -2.61. The van der Waals surface area contributed by atoms with E-state index in [1.54, 1.807) is 4.90 Å². The van der Waals surface area contributed by atoms with Crippen LogP contribution in [0.25, 0.3) is 6.08 Å². The quantitative estimate of drug-likeness (QED) is 0.549. The monoisotopic (exact) mass is 415 g/mol. The normalized spacial score (nSPS) is 21.1. The summed E-state index contributed by atoms with van der Waals surface area (Å²) in [5.74, 6) is 0.522. The summed E-state index contributed by atoms with van der Waals surface area (Å²) in [5.41, 5.74) is 3.53. The second-order valence-corrected chi connectivity index (χ2v) is 8.90. The van der Waals surface area contributed by atoms with Crippen LogP contribution in [0.2, 0.25) is 0 Å². The first kappa shape index (κ1) is 20.0. The van der Waals surface area contributed by atoms with E-state index in [-0.39, 0.29) is 30.3 Å². The Morgan fingerprint density at radius 3 is 2.69 bits per heavy atom. The highest BCUT2D eigenvalue weighted by Gasteiger charge is 2.34. The molecule has 154 valence electrons. The zero-order valence-electron chi connectivity index (χ0n) is 16.6. The molecule has 0 aromatic carbocycles. The third kappa shape index (κ3) is 3.90. The van der Waals surface area contributed by atoms with Crippen molar-refractivity contribution in [3.8, 4) is 0 Å². The van der Waals surface area contributed by atoms with Crippen LogP contribution in [0.1, 0.15) is 59.4 Å². The van der Waals surface area contributed by atoms with Gasteiger partial charge in [-0.25, -0.2) is 0 Å². The van der Waals surface area contributed by atoms with Crippen LogP contribution in [0.5, 0.6) is 0 Å². The van der Waals surface area contributed by atoms with E-state index >= 15 is 0 Å². The third-order valence-corrected chi connectivity index (χ3v) is 6.36. The van der Waals surface area contributed by atoms with Gasteiger partial charge in [0, 0.05) is 46.6 Å². The molecule has 1 atom stereocenters.